The van der Waals surface area contributed by atoms with Crippen LogP contribution in [0.2, 0.25) is 0 Å². The van der Waals surface area contributed by atoms with E-state index in [1.54, 1.807) is 0 Å². The van der Waals surface area contributed by atoms with Crippen molar-refractivity contribution in [2.24, 2.45) is 4.99 Å². The molecule has 20 heavy (non-hydrogen) atoms. The molecule has 0 saturated carbocycles. The van der Waals surface area contributed by atoms with E-state index in [1.165, 1.54) is 18.7 Å². The van der Waals surface area contributed by atoms with Gasteiger partial charge in [-0.3, -0.25) is 0 Å². The number of rotatable bonds is 4. The predicted molar refractivity (Wildman–Crippen MR) is 81.4 cm³/mol. The molecule has 4 heteroatoms. The van der Waals surface area contributed by atoms with Crippen LogP contribution in [0.1, 0.15) is 18.1 Å². The number of hydrogen-bond acceptors (Lipinski definition) is 4. The van der Waals surface area contributed by atoms with Crippen molar-refractivity contribution in [1.29, 1.82) is 0 Å². The van der Waals surface area contributed by atoms with Crippen LogP contribution in [0.5, 0.6) is 0 Å². The SMILES string of the molecule is CC1COC(c2ccc(CCN3CCNCC3)cc2)=N1. The molecule has 3 rings (SSSR count). The lowest BCUT2D eigenvalue weighted by molar-refractivity contribution is 0.244. The third-order valence-corrected chi connectivity index (χ3v) is 3.93. The van der Waals surface area contributed by atoms with Crippen LogP contribution in [-0.2, 0) is 11.2 Å². The van der Waals surface area contributed by atoms with Gasteiger partial charge < -0.3 is 15.0 Å². The van der Waals surface area contributed by atoms with E-state index < -0.39 is 0 Å². The molecule has 1 fully saturated rings. The second kappa shape index (κ2) is 6.37. The van der Waals surface area contributed by atoms with E-state index in [2.05, 4.69) is 46.4 Å². The summed E-state index contributed by atoms with van der Waals surface area (Å²) in [5, 5.41) is 3.39. The van der Waals surface area contributed by atoms with Crippen molar-refractivity contribution in [2.45, 2.75) is 19.4 Å². The number of ether oxygens (including phenoxy) is 1. The molecule has 1 aromatic carbocycles. The van der Waals surface area contributed by atoms with E-state index in [9.17, 15) is 0 Å². The summed E-state index contributed by atoms with van der Waals surface area (Å²) < 4.78 is 5.58. The maximum atomic E-state index is 5.58. The minimum Gasteiger partial charge on any atom is -0.475 e. The molecule has 0 spiro atoms. The van der Waals surface area contributed by atoms with Crippen molar-refractivity contribution < 1.29 is 4.74 Å². The van der Waals surface area contributed by atoms with E-state index in [1.807, 2.05) is 0 Å². The Kier molecular flexibility index (Phi) is 4.33. The fraction of sp³-hybridized carbons (Fsp3) is 0.562. The summed E-state index contributed by atoms with van der Waals surface area (Å²) in [5.74, 6) is 0.797. The Bertz CT molecular complexity index is 463. The second-order valence-corrected chi connectivity index (χ2v) is 5.63. The summed E-state index contributed by atoms with van der Waals surface area (Å²) in [5.41, 5.74) is 2.49. The Labute approximate surface area is 120 Å². The summed E-state index contributed by atoms with van der Waals surface area (Å²) in [6, 6.07) is 8.95. The van der Waals surface area contributed by atoms with Crippen LogP contribution in [0.15, 0.2) is 29.3 Å². The molecule has 0 radical (unpaired) electrons. The van der Waals surface area contributed by atoms with Gasteiger partial charge in [0.15, 0.2) is 0 Å². The van der Waals surface area contributed by atoms with Gasteiger partial charge in [0.2, 0.25) is 5.90 Å². The molecular weight excluding hydrogens is 250 g/mol. The molecule has 0 amide bonds. The Morgan fingerprint density at radius 2 is 2.00 bits per heavy atom. The van der Waals surface area contributed by atoms with Gasteiger partial charge in [-0.2, -0.15) is 0 Å². The highest BCUT2D eigenvalue weighted by Crippen LogP contribution is 2.13. The molecule has 0 aliphatic carbocycles. The normalized spacial score (nSPS) is 23.4. The highest BCUT2D eigenvalue weighted by molar-refractivity contribution is 5.95. The largest absolute Gasteiger partial charge is 0.475 e. The third kappa shape index (κ3) is 3.38. The number of nitrogens with zero attached hydrogens (tertiary/aromatic N) is 2. The quantitative estimate of drug-likeness (QED) is 0.898. The zero-order chi connectivity index (χ0) is 13.8. The van der Waals surface area contributed by atoms with E-state index in [4.69, 9.17) is 4.74 Å². The van der Waals surface area contributed by atoms with Gasteiger partial charge in [-0.25, -0.2) is 4.99 Å². The van der Waals surface area contributed by atoms with Crippen LogP contribution in [0, 0.1) is 0 Å². The summed E-state index contributed by atoms with van der Waals surface area (Å²) in [7, 11) is 0. The third-order valence-electron chi connectivity index (χ3n) is 3.93. The van der Waals surface area contributed by atoms with Crippen molar-refractivity contribution in [3.8, 4) is 0 Å². The molecule has 2 heterocycles. The Morgan fingerprint density at radius 3 is 2.65 bits per heavy atom. The maximum Gasteiger partial charge on any atom is 0.216 e. The molecule has 4 nitrogen and oxygen atoms in total. The van der Waals surface area contributed by atoms with Gasteiger partial charge in [-0.05, 0) is 31.0 Å². The summed E-state index contributed by atoms with van der Waals surface area (Å²) in [4.78, 5) is 7.01. The van der Waals surface area contributed by atoms with Crippen LogP contribution in [0.3, 0.4) is 0 Å². The Balaban J connectivity index is 1.54. The van der Waals surface area contributed by atoms with Crippen LogP contribution >= 0.6 is 0 Å². The molecule has 0 bridgehead atoms. The topological polar surface area (TPSA) is 36.9 Å². The van der Waals surface area contributed by atoms with Crippen molar-refractivity contribution in [3.05, 3.63) is 35.4 Å². The molecular formula is C16H23N3O. The fourth-order valence-electron chi connectivity index (χ4n) is 2.67. The van der Waals surface area contributed by atoms with Crippen molar-refractivity contribution in [1.82, 2.24) is 10.2 Å². The van der Waals surface area contributed by atoms with Crippen LogP contribution < -0.4 is 5.32 Å². The lowest BCUT2D eigenvalue weighted by Crippen LogP contribution is -2.44. The number of benzene rings is 1. The first-order chi connectivity index (χ1) is 9.81. The molecule has 2 aliphatic heterocycles. The van der Waals surface area contributed by atoms with Crippen LogP contribution in [0.4, 0.5) is 0 Å². The smallest absolute Gasteiger partial charge is 0.216 e. The van der Waals surface area contributed by atoms with Gasteiger partial charge in [0.1, 0.15) is 6.61 Å². The number of hydrogen-bond donors (Lipinski definition) is 1. The zero-order valence-corrected chi connectivity index (χ0v) is 12.1. The van der Waals surface area contributed by atoms with Gasteiger partial charge in [-0.15, -0.1) is 0 Å². The average Bonchev–Trinajstić information content (AvgIpc) is 2.93. The minimum absolute atomic E-state index is 0.289. The minimum atomic E-state index is 0.289. The van der Waals surface area contributed by atoms with E-state index >= 15 is 0 Å². The van der Waals surface area contributed by atoms with E-state index in [0.717, 1.165) is 37.5 Å². The van der Waals surface area contributed by atoms with Crippen LogP contribution in [-0.4, -0.2) is 56.2 Å². The van der Waals surface area contributed by atoms with Gasteiger partial charge in [0, 0.05) is 38.3 Å². The lowest BCUT2D eigenvalue weighted by atomic mass is 10.1. The van der Waals surface area contributed by atoms with E-state index in [0.29, 0.717) is 6.61 Å². The Morgan fingerprint density at radius 1 is 1.25 bits per heavy atom. The first kappa shape index (κ1) is 13.6. The monoisotopic (exact) mass is 273 g/mol. The molecule has 108 valence electrons. The molecule has 1 saturated heterocycles. The highest BCUT2D eigenvalue weighted by atomic mass is 16.5. The fourth-order valence-corrected chi connectivity index (χ4v) is 2.67. The molecule has 1 unspecified atom stereocenters. The molecule has 0 aromatic heterocycles. The highest BCUT2D eigenvalue weighted by Gasteiger charge is 2.15. The molecule has 2 aliphatic rings. The first-order valence-electron chi connectivity index (χ1n) is 7.54. The number of aliphatic imine (C=N–C) groups is 1. The Hall–Kier alpha value is -1.39. The molecule has 1 atom stereocenters. The predicted octanol–water partition coefficient (Wildman–Crippen LogP) is 1.30. The number of piperazine rings is 1. The average molecular weight is 273 g/mol. The lowest BCUT2D eigenvalue weighted by Gasteiger charge is -2.27. The van der Waals surface area contributed by atoms with Crippen LogP contribution in [0.25, 0.3) is 0 Å². The summed E-state index contributed by atoms with van der Waals surface area (Å²) >= 11 is 0. The van der Waals surface area contributed by atoms with Gasteiger partial charge in [0.05, 0.1) is 6.04 Å². The summed E-state index contributed by atoms with van der Waals surface area (Å²) in [6.45, 7) is 8.51. The zero-order valence-electron chi connectivity index (χ0n) is 12.1. The summed E-state index contributed by atoms with van der Waals surface area (Å²) in [6.07, 6.45) is 1.12. The second-order valence-electron chi connectivity index (χ2n) is 5.63. The maximum absolute atomic E-state index is 5.58. The van der Waals surface area contributed by atoms with Gasteiger partial charge >= 0.3 is 0 Å². The van der Waals surface area contributed by atoms with E-state index in [-0.39, 0.29) is 6.04 Å². The van der Waals surface area contributed by atoms with Gasteiger partial charge in [0.25, 0.3) is 0 Å². The first-order valence-corrected chi connectivity index (χ1v) is 7.54. The molecule has 1 N–H and O–H groups in total. The van der Waals surface area contributed by atoms with Crippen molar-refractivity contribution >= 4 is 5.90 Å². The number of nitrogens with one attached hydrogen (secondary N) is 1. The van der Waals surface area contributed by atoms with Crippen molar-refractivity contribution in [3.63, 3.8) is 0 Å². The van der Waals surface area contributed by atoms with Gasteiger partial charge in [-0.1, -0.05) is 12.1 Å². The standard InChI is InChI=1S/C16H23N3O/c1-13-12-20-16(18-13)15-4-2-14(3-5-15)6-9-19-10-7-17-8-11-19/h2-5,13,17H,6-12H2,1H3. The van der Waals surface area contributed by atoms with Crippen molar-refractivity contribution in [2.75, 3.05) is 39.3 Å². The molecule has 1 aromatic rings.